The van der Waals surface area contributed by atoms with Crippen LogP contribution < -0.4 is 5.56 Å². The normalized spacial score (nSPS) is 15.3. The third-order valence-corrected chi connectivity index (χ3v) is 3.01. The minimum absolute atomic E-state index is 0.00367. The molecule has 0 aliphatic carbocycles. The van der Waals surface area contributed by atoms with Gasteiger partial charge in [0.05, 0.1) is 0 Å². The summed E-state index contributed by atoms with van der Waals surface area (Å²) < 4.78 is 18.0. The predicted molar refractivity (Wildman–Crippen MR) is 71.5 cm³/mol. The molecule has 0 atom stereocenters. The first-order chi connectivity index (χ1) is 9.54. The fourth-order valence-corrected chi connectivity index (χ4v) is 2.11. The van der Waals surface area contributed by atoms with E-state index in [9.17, 15) is 14.0 Å². The number of cyclic esters (lactones) is 1. The van der Waals surface area contributed by atoms with E-state index in [0.717, 1.165) is 0 Å². The number of rotatable bonds is 1. The summed E-state index contributed by atoms with van der Waals surface area (Å²) in [7, 11) is 0. The summed E-state index contributed by atoms with van der Waals surface area (Å²) in [5.74, 6) is -0.719. The first-order valence-corrected chi connectivity index (χ1v) is 5.98. The van der Waals surface area contributed by atoms with E-state index in [1.807, 2.05) is 0 Å². The number of pyridine rings is 1. The lowest BCUT2D eigenvalue weighted by molar-refractivity contribution is 0.0715. The minimum Gasteiger partial charge on any atom is -0.422 e. The summed E-state index contributed by atoms with van der Waals surface area (Å²) in [4.78, 5) is 26.0. The molecular formula is C15H10FNO3. The zero-order valence-corrected chi connectivity index (χ0v) is 10.6. The standard InChI is InChI=1S/C15H10FNO3/c1-8-6-11-12(7-9-2-4-10(16)5-3-9)20-15(19)13(11)14(18)17-8/h2-7H,1H3,(H,17,18)/b12-7-. The molecule has 1 aliphatic heterocycles. The Bertz CT molecular complexity index is 788. The first kappa shape index (κ1) is 12.3. The van der Waals surface area contributed by atoms with Gasteiger partial charge in [-0.2, -0.15) is 0 Å². The Morgan fingerprint density at radius 1 is 1.20 bits per heavy atom. The second kappa shape index (κ2) is 4.45. The van der Waals surface area contributed by atoms with E-state index in [0.29, 0.717) is 22.6 Å². The molecule has 0 fully saturated rings. The molecular weight excluding hydrogens is 261 g/mol. The van der Waals surface area contributed by atoms with Gasteiger partial charge in [-0.3, -0.25) is 4.79 Å². The second-order valence-electron chi connectivity index (χ2n) is 4.52. The van der Waals surface area contributed by atoms with Gasteiger partial charge in [0.1, 0.15) is 17.1 Å². The lowest BCUT2D eigenvalue weighted by Crippen LogP contribution is -2.16. The maximum atomic E-state index is 12.9. The van der Waals surface area contributed by atoms with Crippen LogP contribution in [0.3, 0.4) is 0 Å². The number of aromatic amines is 1. The van der Waals surface area contributed by atoms with E-state index in [1.165, 1.54) is 12.1 Å². The highest BCUT2D eigenvalue weighted by Crippen LogP contribution is 2.29. The molecule has 20 heavy (non-hydrogen) atoms. The number of aromatic nitrogens is 1. The molecule has 0 bridgehead atoms. The minimum atomic E-state index is -0.672. The third kappa shape index (κ3) is 2.03. The van der Waals surface area contributed by atoms with Crippen LogP contribution in [0.1, 0.15) is 27.2 Å². The van der Waals surface area contributed by atoms with Crippen molar-refractivity contribution in [3.63, 3.8) is 0 Å². The zero-order valence-electron chi connectivity index (χ0n) is 10.6. The van der Waals surface area contributed by atoms with Crippen LogP contribution in [0.15, 0.2) is 35.1 Å². The number of carbonyl (C=O) groups excluding carboxylic acids is 1. The van der Waals surface area contributed by atoms with Crippen molar-refractivity contribution >= 4 is 17.8 Å². The molecule has 1 aromatic heterocycles. The van der Waals surface area contributed by atoms with E-state index in [4.69, 9.17) is 4.74 Å². The molecule has 0 radical (unpaired) electrons. The molecule has 100 valence electrons. The number of hydrogen-bond acceptors (Lipinski definition) is 3. The molecule has 1 N–H and O–H groups in total. The number of esters is 1. The van der Waals surface area contributed by atoms with Crippen LogP contribution in [0.5, 0.6) is 0 Å². The summed E-state index contributed by atoms with van der Waals surface area (Å²) >= 11 is 0. The smallest absolute Gasteiger partial charge is 0.349 e. The number of fused-ring (bicyclic) bond motifs is 1. The lowest BCUT2D eigenvalue weighted by atomic mass is 10.1. The molecule has 3 rings (SSSR count). The summed E-state index contributed by atoms with van der Waals surface area (Å²) in [6.07, 6.45) is 1.60. The average Bonchev–Trinajstić information content (AvgIpc) is 2.69. The number of H-pyrrole nitrogens is 1. The van der Waals surface area contributed by atoms with Crippen LogP contribution >= 0.6 is 0 Å². The maximum Gasteiger partial charge on any atom is 0.349 e. The zero-order chi connectivity index (χ0) is 14.3. The fraction of sp³-hybridized carbons (Fsp3) is 0.0667. The van der Waals surface area contributed by atoms with Crippen molar-refractivity contribution in [2.24, 2.45) is 0 Å². The fourth-order valence-electron chi connectivity index (χ4n) is 2.11. The van der Waals surface area contributed by atoms with Crippen LogP contribution in [0.25, 0.3) is 11.8 Å². The highest BCUT2D eigenvalue weighted by atomic mass is 19.1. The van der Waals surface area contributed by atoms with Crippen molar-refractivity contribution in [1.29, 1.82) is 0 Å². The van der Waals surface area contributed by atoms with E-state index in [1.54, 1.807) is 31.2 Å². The van der Waals surface area contributed by atoms with Gasteiger partial charge < -0.3 is 9.72 Å². The van der Waals surface area contributed by atoms with Crippen LogP contribution in [-0.2, 0) is 4.74 Å². The molecule has 0 amide bonds. The van der Waals surface area contributed by atoms with Crippen molar-refractivity contribution in [3.05, 3.63) is 68.9 Å². The molecule has 0 spiro atoms. The molecule has 1 aliphatic rings. The molecule has 5 heteroatoms. The largest absolute Gasteiger partial charge is 0.422 e. The highest BCUT2D eigenvalue weighted by Gasteiger charge is 2.29. The van der Waals surface area contributed by atoms with Gasteiger partial charge in [-0.05, 0) is 36.8 Å². The quantitative estimate of drug-likeness (QED) is 0.811. The molecule has 0 saturated heterocycles. The highest BCUT2D eigenvalue weighted by molar-refractivity contribution is 6.05. The Kier molecular flexibility index (Phi) is 2.75. The summed E-state index contributed by atoms with van der Waals surface area (Å²) in [6, 6.07) is 7.43. The number of ether oxygens (including phenoxy) is 1. The number of aryl methyl sites for hydroxylation is 1. The van der Waals surface area contributed by atoms with E-state index >= 15 is 0 Å². The van der Waals surface area contributed by atoms with Gasteiger partial charge in [0, 0.05) is 11.3 Å². The van der Waals surface area contributed by atoms with Crippen molar-refractivity contribution < 1.29 is 13.9 Å². The van der Waals surface area contributed by atoms with Crippen LogP contribution in [0.4, 0.5) is 4.39 Å². The second-order valence-corrected chi connectivity index (χ2v) is 4.52. The Morgan fingerprint density at radius 3 is 2.60 bits per heavy atom. The van der Waals surface area contributed by atoms with Crippen LogP contribution in [0, 0.1) is 12.7 Å². The van der Waals surface area contributed by atoms with Gasteiger partial charge in [0.2, 0.25) is 0 Å². The molecule has 2 aromatic rings. The number of halogens is 1. The van der Waals surface area contributed by atoms with Crippen molar-refractivity contribution in [2.75, 3.05) is 0 Å². The Labute approximate surface area is 113 Å². The van der Waals surface area contributed by atoms with Crippen molar-refractivity contribution in [1.82, 2.24) is 4.98 Å². The van der Waals surface area contributed by atoms with Gasteiger partial charge in [-0.1, -0.05) is 12.1 Å². The number of benzene rings is 1. The van der Waals surface area contributed by atoms with Gasteiger partial charge in [-0.25, -0.2) is 9.18 Å². The van der Waals surface area contributed by atoms with Crippen LogP contribution in [0.2, 0.25) is 0 Å². The van der Waals surface area contributed by atoms with Crippen molar-refractivity contribution in [2.45, 2.75) is 6.92 Å². The van der Waals surface area contributed by atoms with Crippen molar-refractivity contribution in [3.8, 4) is 0 Å². The Hall–Kier alpha value is -2.69. The predicted octanol–water partition coefficient (Wildman–Crippen LogP) is 2.49. The third-order valence-electron chi connectivity index (χ3n) is 3.01. The number of nitrogens with one attached hydrogen (secondary N) is 1. The Morgan fingerprint density at radius 2 is 1.90 bits per heavy atom. The molecule has 0 unspecified atom stereocenters. The summed E-state index contributed by atoms with van der Waals surface area (Å²) in [6.45, 7) is 1.72. The van der Waals surface area contributed by atoms with Gasteiger partial charge in [-0.15, -0.1) is 0 Å². The topological polar surface area (TPSA) is 59.2 Å². The SMILES string of the molecule is Cc1cc2c(c(=O)[nH]1)C(=O)O/C2=C\c1ccc(F)cc1. The van der Waals surface area contributed by atoms with Crippen LogP contribution in [-0.4, -0.2) is 11.0 Å². The van der Waals surface area contributed by atoms with Gasteiger partial charge in [0.25, 0.3) is 5.56 Å². The molecule has 0 saturated carbocycles. The van der Waals surface area contributed by atoms with E-state index in [-0.39, 0.29) is 11.4 Å². The van der Waals surface area contributed by atoms with E-state index in [2.05, 4.69) is 4.98 Å². The molecule has 4 nitrogen and oxygen atoms in total. The average molecular weight is 271 g/mol. The Balaban J connectivity index is 2.13. The van der Waals surface area contributed by atoms with E-state index < -0.39 is 11.5 Å². The monoisotopic (exact) mass is 271 g/mol. The number of carbonyl (C=O) groups is 1. The van der Waals surface area contributed by atoms with Gasteiger partial charge in [0.15, 0.2) is 0 Å². The summed E-state index contributed by atoms with van der Waals surface area (Å²) in [5, 5.41) is 0. The molecule has 1 aromatic carbocycles. The maximum absolute atomic E-state index is 12.9. The van der Waals surface area contributed by atoms with Gasteiger partial charge >= 0.3 is 5.97 Å². The first-order valence-electron chi connectivity index (χ1n) is 5.98. The summed E-state index contributed by atoms with van der Waals surface area (Å²) in [5.41, 5.74) is 1.31. The molecule has 2 heterocycles. The number of hydrogen-bond donors (Lipinski definition) is 1. The lowest BCUT2D eigenvalue weighted by Gasteiger charge is -2.00.